The number of nitrogens with one attached hydrogen (secondary N) is 3. The maximum absolute atomic E-state index is 12.7. The Kier molecular flexibility index (Phi) is 7.86. The van der Waals surface area contributed by atoms with Gasteiger partial charge in [0.1, 0.15) is 10.6 Å². The van der Waals surface area contributed by atoms with E-state index in [1.165, 1.54) is 23.1 Å². The zero-order valence-electron chi connectivity index (χ0n) is 17.2. The highest BCUT2D eigenvalue weighted by atomic mass is 32.1. The fourth-order valence-electron chi connectivity index (χ4n) is 3.10. The molecule has 1 heterocycles. The molecule has 0 bridgehead atoms. The fraction of sp³-hybridized carbons (Fsp3) is 0.650. The highest BCUT2D eigenvalue weighted by molar-refractivity contribution is 7.17. The summed E-state index contributed by atoms with van der Waals surface area (Å²) in [6, 6.07) is 0. The quantitative estimate of drug-likeness (QED) is 0.599. The number of carbonyl (C=O) groups is 3. The Bertz CT molecular complexity index is 722. The van der Waals surface area contributed by atoms with Gasteiger partial charge in [-0.05, 0) is 64.9 Å². The number of rotatable bonds is 7. The third-order valence-corrected chi connectivity index (χ3v) is 5.45. The number of alkyl carbamates (subject to hydrolysis) is 1. The lowest BCUT2D eigenvalue weighted by molar-refractivity contribution is -0.114. The number of carbonyl (C=O) groups excluding carboxylic acids is 3. The van der Waals surface area contributed by atoms with Crippen molar-refractivity contribution in [3.8, 4) is 0 Å². The van der Waals surface area contributed by atoms with E-state index in [0.29, 0.717) is 23.7 Å². The fourth-order valence-corrected chi connectivity index (χ4v) is 4.43. The van der Waals surface area contributed by atoms with E-state index >= 15 is 0 Å². The van der Waals surface area contributed by atoms with E-state index < -0.39 is 11.7 Å². The smallest absolute Gasteiger partial charge is 0.407 e. The van der Waals surface area contributed by atoms with Crippen LogP contribution in [0, 0.1) is 0 Å². The van der Waals surface area contributed by atoms with Crippen molar-refractivity contribution >= 4 is 34.2 Å². The number of fused-ring (bicyclic) bond motifs is 1. The molecule has 0 aromatic carbocycles. The maximum atomic E-state index is 12.7. The van der Waals surface area contributed by atoms with Crippen molar-refractivity contribution in [3.63, 3.8) is 0 Å². The van der Waals surface area contributed by atoms with E-state index in [2.05, 4.69) is 16.0 Å². The summed E-state index contributed by atoms with van der Waals surface area (Å²) in [5.41, 5.74) is 1.20. The van der Waals surface area contributed by atoms with E-state index in [9.17, 15) is 14.4 Å². The second-order valence-corrected chi connectivity index (χ2v) is 9.09. The van der Waals surface area contributed by atoms with Crippen LogP contribution in [0.1, 0.15) is 74.2 Å². The average molecular weight is 410 g/mol. The van der Waals surface area contributed by atoms with Crippen molar-refractivity contribution in [1.82, 2.24) is 10.6 Å². The summed E-state index contributed by atoms with van der Waals surface area (Å²) in [5, 5.41) is 9.12. The van der Waals surface area contributed by atoms with Gasteiger partial charge in [-0.25, -0.2) is 4.79 Å². The van der Waals surface area contributed by atoms with Gasteiger partial charge in [-0.3, -0.25) is 9.59 Å². The first-order chi connectivity index (χ1) is 13.2. The molecule has 0 saturated carbocycles. The van der Waals surface area contributed by atoms with Gasteiger partial charge in [-0.15, -0.1) is 11.3 Å². The van der Waals surface area contributed by atoms with Crippen LogP contribution in [0.25, 0.3) is 0 Å². The lowest BCUT2D eigenvalue weighted by Crippen LogP contribution is -2.33. The van der Waals surface area contributed by atoms with Gasteiger partial charge in [0.15, 0.2) is 0 Å². The molecule has 1 aromatic heterocycles. The predicted molar refractivity (Wildman–Crippen MR) is 111 cm³/mol. The molecule has 2 rings (SSSR count). The van der Waals surface area contributed by atoms with Crippen molar-refractivity contribution in [2.45, 2.75) is 71.8 Å². The minimum atomic E-state index is -0.511. The zero-order chi connectivity index (χ0) is 20.7. The van der Waals surface area contributed by atoms with E-state index in [1.807, 2.05) is 20.8 Å². The van der Waals surface area contributed by atoms with Crippen molar-refractivity contribution < 1.29 is 19.1 Å². The van der Waals surface area contributed by atoms with Crippen LogP contribution in [-0.4, -0.2) is 36.6 Å². The molecule has 156 valence electrons. The van der Waals surface area contributed by atoms with Crippen LogP contribution < -0.4 is 16.0 Å². The number of aryl methyl sites for hydroxylation is 1. The minimum absolute atomic E-state index is 0.136. The minimum Gasteiger partial charge on any atom is -0.444 e. The molecule has 7 nitrogen and oxygen atoms in total. The Hall–Kier alpha value is -2.09. The van der Waals surface area contributed by atoms with Crippen LogP contribution in [0.4, 0.5) is 9.80 Å². The summed E-state index contributed by atoms with van der Waals surface area (Å²) in [5.74, 6) is -0.302. The van der Waals surface area contributed by atoms with Crippen LogP contribution in [0.2, 0.25) is 0 Å². The number of anilines is 1. The van der Waals surface area contributed by atoms with E-state index in [0.717, 1.165) is 44.1 Å². The van der Waals surface area contributed by atoms with E-state index in [4.69, 9.17) is 4.74 Å². The number of thiophene rings is 1. The molecule has 0 aliphatic heterocycles. The Balaban J connectivity index is 1.81. The molecule has 1 aliphatic carbocycles. The largest absolute Gasteiger partial charge is 0.444 e. The van der Waals surface area contributed by atoms with Gasteiger partial charge in [0, 0.05) is 24.9 Å². The number of ether oxygens (including phenoxy) is 1. The van der Waals surface area contributed by atoms with E-state index in [1.54, 1.807) is 0 Å². The van der Waals surface area contributed by atoms with Gasteiger partial charge >= 0.3 is 6.09 Å². The molecule has 28 heavy (non-hydrogen) atoms. The van der Waals surface area contributed by atoms with Crippen LogP contribution in [-0.2, 0) is 22.4 Å². The van der Waals surface area contributed by atoms with Gasteiger partial charge in [0.2, 0.25) is 5.91 Å². The Morgan fingerprint density at radius 3 is 2.32 bits per heavy atom. The molecule has 1 aliphatic rings. The second kappa shape index (κ2) is 9.91. The van der Waals surface area contributed by atoms with Crippen molar-refractivity contribution in [3.05, 3.63) is 16.0 Å². The standard InChI is InChI=1S/C20H31N3O4S/c1-13(24)23-18-16(14-9-5-6-10-15(14)28-18)17(25)21-11-7-8-12-22-19(26)27-20(2,3)4/h5-12H2,1-4H3,(H,21,25)(H,22,26)(H,23,24). The monoisotopic (exact) mass is 409 g/mol. The van der Waals surface area contributed by atoms with Crippen LogP contribution in [0.3, 0.4) is 0 Å². The first-order valence-electron chi connectivity index (χ1n) is 9.84. The highest BCUT2D eigenvalue weighted by Gasteiger charge is 2.25. The Morgan fingerprint density at radius 2 is 1.68 bits per heavy atom. The molecule has 0 saturated heterocycles. The van der Waals surface area contributed by atoms with Gasteiger partial charge in [-0.1, -0.05) is 0 Å². The SMILES string of the molecule is CC(=O)Nc1sc2c(c1C(=O)NCCCCNC(=O)OC(C)(C)C)CCCC2. The summed E-state index contributed by atoms with van der Waals surface area (Å²) < 4.78 is 5.18. The molecule has 0 unspecified atom stereocenters. The second-order valence-electron chi connectivity index (χ2n) is 7.99. The van der Waals surface area contributed by atoms with Gasteiger partial charge in [-0.2, -0.15) is 0 Å². The summed E-state index contributed by atoms with van der Waals surface area (Å²) in [4.78, 5) is 37.0. The molecular weight excluding hydrogens is 378 g/mol. The topological polar surface area (TPSA) is 96.5 Å². The molecule has 0 radical (unpaired) electrons. The number of hydrogen-bond donors (Lipinski definition) is 3. The third-order valence-electron chi connectivity index (χ3n) is 4.25. The Labute approximate surface area is 170 Å². The summed E-state index contributed by atoms with van der Waals surface area (Å²) >= 11 is 1.52. The van der Waals surface area contributed by atoms with Crippen molar-refractivity contribution in [2.75, 3.05) is 18.4 Å². The molecule has 3 N–H and O–H groups in total. The van der Waals surface area contributed by atoms with Crippen molar-refractivity contribution in [1.29, 1.82) is 0 Å². The predicted octanol–water partition coefficient (Wildman–Crippen LogP) is 3.62. The zero-order valence-corrected chi connectivity index (χ0v) is 18.0. The first kappa shape index (κ1) is 22.2. The molecule has 0 fully saturated rings. The molecule has 0 atom stereocenters. The summed E-state index contributed by atoms with van der Waals surface area (Å²) in [6.07, 6.45) is 5.09. The number of unbranched alkanes of at least 4 members (excludes halogenated alkanes) is 1. The average Bonchev–Trinajstić information content (AvgIpc) is 2.93. The van der Waals surface area contributed by atoms with E-state index in [-0.39, 0.29) is 11.8 Å². The number of hydrogen-bond acceptors (Lipinski definition) is 5. The van der Waals surface area contributed by atoms with Crippen LogP contribution in [0.15, 0.2) is 0 Å². The third kappa shape index (κ3) is 6.82. The molecule has 1 aromatic rings. The lowest BCUT2D eigenvalue weighted by atomic mass is 9.95. The van der Waals surface area contributed by atoms with Gasteiger partial charge < -0.3 is 20.7 Å². The van der Waals surface area contributed by atoms with Crippen LogP contribution >= 0.6 is 11.3 Å². The maximum Gasteiger partial charge on any atom is 0.407 e. The summed E-state index contributed by atoms with van der Waals surface area (Å²) in [6.45, 7) is 7.92. The highest BCUT2D eigenvalue weighted by Crippen LogP contribution is 2.38. The lowest BCUT2D eigenvalue weighted by Gasteiger charge is -2.19. The molecule has 0 spiro atoms. The number of amides is 3. The van der Waals surface area contributed by atoms with Crippen molar-refractivity contribution in [2.24, 2.45) is 0 Å². The summed E-state index contributed by atoms with van der Waals surface area (Å²) in [7, 11) is 0. The molecule has 8 heteroatoms. The first-order valence-corrected chi connectivity index (χ1v) is 10.7. The molecular formula is C20H31N3O4S. The molecule has 3 amide bonds. The van der Waals surface area contributed by atoms with Gasteiger partial charge in [0.25, 0.3) is 5.91 Å². The van der Waals surface area contributed by atoms with Gasteiger partial charge in [0.05, 0.1) is 5.56 Å². The van der Waals surface area contributed by atoms with Crippen LogP contribution in [0.5, 0.6) is 0 Å². The normalized spacial score (nSPS) is 13.4. The Morgan fingerprint density at radius 1 is 1.04 bits per heavy atom.